The number of carbonyl (C=O) groups is 2. The second-order valence-electron chi connectivity index (χ2n) is 4.69. The third-order valence-electron chi connectivity index (χ3n) is 3.18. The van der Waals surface area contributed by atoms with Crippen LogP contribution >= 0.6 is 11.6 Å². The normalized spacial score (nSPS) is 12.1. The SMILES string of the molecule is O=C(COC(=O)c1ccc(F)cc1Cl)c1ccc2c(c1)OCO2. The molecule has 0 aromatic heterocycles. The highest BCUT2D eigenvalue weighted by Gasteiger charge is 2.18. The Morgan fingerprint density at radius 3 is 2.70 bits per heavy atom. The lowest BCUT2D eigenvalue weighted by molar-refractivity contribution is 0.0475. The topological polar surface area (TPSA) is 61.8 Å². The summed E-state index contributed by atoms with van der Waals surface area (Å²) in [6, 6.07) is 7.96. The van der Waals surface area contributed by atoms with Crippen LogP contribution in [0, 0.1) is 5.82 Å². The second kappa shape index (κ2) is 6.26. The van der Waals surface area contributed by atoms with E-state index in [1.807, 2.05) is 0 Å². The molecule has 0 bridgehead atoms. The number of esters is 1. The summed E-state index contributed by atoms with van der Waals surface area (Å²) in [5.74, 6) is -0.762. The predicted octanol–water partition coefficient (Wildman–Crippen LogP) is 3.25. The molecule has 3 rings (SSSR count). The molecule has 1 heterocycles. The van der Waals surface area contributed by atoms with Crippen molar-refractivity contribution in [2.75, 3.05) is 13.4 Å². The minimum Gasteiger partial charge on any atom is -0.454 e. The molecule has 5 nitrogen and oxygen atoms in total. The molecule has 1 aliphatic rings. The second-order valence-corrected chi connectivity index (χ2v) is 5.10. The lowest BCUT2D eigenvalue weighted by Crippen LogP contribution is -2.14. The summed E-state index contributed by atoms with van der Waals surface area (Å²) in [6.45, 7) is -0.364. The van der Waals surface area contributed by atoms with Crippen LogP contribution in [0.5, 0.6) is 11.5 Å². The summed E-state index contributed by atoms with van der Waals surface area (Å²) < 4.78 is 28.2. The Kier molecular flexibility index (Phi) is 4.16. The molecule has 23 heavy (non-hydrogen) atoms. The third kappa shape index (κ3) is 3.27. The van der Waals surface area contributed by atoms with E-state index in [1.54, 1.807) is 12.1 Å². The Balaban J connectivity index is 1.65. The van der Waals surface area contributed by atoms with Crippen molar-refractivity contribution < 1.29 is 28.2 Å². The van der Waals surface area contributed by atoms with Gasteiger partial charge in [-0.15, -0.1) is 0 Å². The first kappa shape index (κ1) is 15.3. The van der Waals surface area contributed by atoms with Gasteiger partial charge >= 0.3 is 5.97 Å². The van der Waals surface area contributed by atoms with Crippen molar-refractivity contribution in [3.05, 3.63) is 58.4 Å². The molecule has 2 aromatic rings. The zero-order valence-electron chi connectivity index (χ0n) is 11.7. The van der Waals surface area contributed by atoms with Gasteiger partial charge in [-0.05, 0) is 36.4 Å². The van der Waals surface area contributed by atoms with Crippen LogP contribution < -0.4 is 9.47 Å². The van der Waals surface area contributed by atoms with E-state index in [0.717, 1.165) is 12.1 Å². The fraction of sp³-hybridized carbons (Fsp3) is 0.125. The number of Topliss-reactive ketones (excluding diaryl/α,β-unsaturated/α-hetero) is 1. The number of rotatable bonds is 4. The minimum absolute atomic E-state index is 0.00782. The number of ether oxygens (including phenoxy) is 3. The molecular weight excluding hydrogens is 327 g/mol. The van der Waals surface area contributed by atoms with E-state index in [1.165, 1.54) is 12.1 Å². The maximum absolute atomic E-state index is 12.9. The van der Waals surface area contributed by atoms with Crippen molar-refractivity contribution in [1.29, 1.82) is 0 Å². The van der Waals surface area contributed by atoms with Gasteiger partial charge in [-0.2, -0.15) is 0 Å². The number of hydrogen-bond acceptors (Lipinski definition) is 5. The van der Waals surface area contributed by atoms with E-state index in [2.05, 4.69) is 0 Å². The lowest BCUT2D eigenvalue weighted by atomic mass is 10.1. The van der Waals surface area contributed by atoms with Crippen molar-refractivity contribution in [3.63, 3.8) is 0 Å². The largest absolute Gasteiger partial charge is 0.454 e. The van der Waals surface area contributed by atoms with E-state index in [9.17, 15) is 14.0 Å². The number of ketones is 1. The summed E-state index contributed by atoms with van der Waals surface area (Å²) in [4.78, 5) is 23.9. The molecule has 0 amide bonds. The van der Waals surface area contributed by atoms with Crippen LogP contribution in [-0.2, 0) is 4.74 Å². The molecule has 1 aliphatic heterocycles. The van der Waals surface area contributed by atoms with Gasteiger partial charge in [0.2, 0.25) is 6.79 Å². The van der Waals surface area contributed by atoms with Gasteiger partial charge in [0.25, 0.3) is 0 Å². The molecule has 2 aromatic carbocycles. The molecule has 0 aliphatic carbocycles. The van der Waals surface area contributed by atoms with Crippen LogP contribution in [0.2, 0.25) is 5.02 Å². The van der Waals surface area contributed by atoms with Gasteiger partial charge in [0.1, 0.15) is 5.82 Å². The van der Waals surface area contributed by atoms with Crippen LogP contribution in [0.1, 0.15) is 20.7 Å². The van der Waals surface area contributed by atoms with Gasteiger partial charge in [-0.25, -0.2) is 9.18 Å². The molecule has 0 radical (unpaired) electrons. The van der Waals surface area contributed by atoms with Gasteiger partial charge in [-0.3, -0.25) is 4.79 Å². The van der Waals surface area contributed by atoms with Crippen LogP contribution in [0.25, 0.3) is 0 Å². The highest BCUT2D eigenvalue weighted by atomic mass is 35.5. The molecule has 118 valence electrons. The average Bonchev–Trinajstić information content (AvgIpc) is 2.99. The molecular formula is C16H10ClFO5. The van der Waals surface area contributed by atoms with Gasteiger partial charge in [0.05, 0.1) is 10.6 Å². The smallest absolute Gasteiger partial charge is 0.340 e. The molecule has 0 unspecified atom stereocenters. The van der Waals surface area contributed by atoms with Crippen molar-refractivity contribution >= 4 is 23.4 Å². The van der Waals surface area contributed by atoms with Gasteiger partial charge in [0, 0.05) is 5.56 Å². The Morgan fingerprint density at radius 2 is 1.91 bits per heavy atom. The quantitative estimate of drug-likeness (QED) is 0.633. The standard InChI is InChI=1S/C16H10ClFO5/c17-12-6-10(18)2-3-11(12)16(20)21-7-13(19)9-1-4-14-15(5-9)23-8-22-14/h1-6H,7-8H2. The van der Waals surface area contributed by atoms with Crippen molar-refractivity contribution in [3.8, 4) is 11.5 Å². The zero-order chi connectivity index (χ0) is 16.4. The first-order valence-electron chi connectivity index (χ1n) is 6.59. The summed E-state index contributed by atoms with van der Waals surface area (Å²) in [5.41, 5.74) is 0.318. The van der Waals surface area contributed by atoms with Crippen LogP contribution in [0.3, 0.4) is 0 Å². The number of fused-ring (bicyclic) bond motifs is 1. The maximum atomic E-state index is 12.9. The fourth-order valence-electron chi connectivity index (χ4n) is 2.02. The number of hydrogen-bond donors (Lipinski definition) is 0. The highest BCUT2D eigenvalue weighted by Crippen LogP contribution is 2.32. The lowest BCUT2D eigenvalue weighted by Gasteiger charge is -2.06. The van der Waals surface area contributed by atoms with Crippen LogP contribution in [-0.4, -0.2) is 25.2 Å². The van der Waals surface area contributed by atoms with Crippen LogP contribution in [0.4, 0.5) is 4.39 Å². The molecule has 0 atom stereocenters. The summed E-state index contributed by atoms with van der Waals surface area (Å²) >= 11 is 5.76. The van der Waals surface area contributed by atoms with Gasteiger partial charge in [-0.1, -0.05) is 11.6 Å². The molecule has 0 spiro atoms. The predicted molar refractivity (Wildman–Crippen MR) is 78.6 cm³/mol. The van der Waals surface area contributed by atoms with Crippen LogP contribution in [0.15, 0.2) is 36.4 Å². The zero-order valence-corrected chi connectivity index (χ0v) is 12.4. The Labute approximate surface area is 135 Å². The monoisotopic (exact) mass is 336 g/mol. The van der Waals surface area contributed by atoms with E-state index < -0.39 is 24.2 Å². The number of halogens is 2. The van der Waals surface area contributed by atoms with Gasteiger partial charge < -0.3 is 14.2 Å². The van der Waals surface area contributed by atoms with E-state index in [-0.39, 0.29) is 17.4 Å². The number of benzene rings is 2. The maximum Gasteiger partial charge on any atom is 0.340 e. The van der Waals surface area contributed by atoms with E-state index in [4.69, 9.17) is 25.8 Å². The Bertz CT molecular complexity index is 790. The van der Waals surface area contributed by atoms with Crippen molar-refractivity contribution in [2.24, 2.45) is 0 Å². The molecule has 0 saturated heterocycles. The molecule has 0 saturated carbocycles. The first-order valence-corrected chi connectivity index (χ1v) is 6.97. The van der Waals surface area contributed by atoms with Crippen molar-refractivity contribution in [1.82, 2.24) is 0 Å². The minimum atomic E-state index is -0.802. The van der Waals surface area contributed by atoms with E-state index in [0.29, 0.717) is 17.1 Å². The third-order valence-corrected chi connectivity index (χ3v) is 3.49. The average molecular weight is 337 g/mol. The first-order chi connectivity index (χ1) is 11.0. The molecule has 7 heteroatoms. The van der Waals surface area contributed by atoms with E-state index >= 15 is 0 Å². The molecule has 0 N–H and O–H groups in total. The van der Waals surface area contributed by atoms with Gasteiger partial charge in [0.15, 0.2) is 23.9 Å². The highest BCUT2D eigenvalue weighted by molar-refractivity contribution is 6.33. The summed E-state index contributed by atoms with van der Waals surface area (Å²) in [5, 5.41) is -0.0782. The Morgan fingerprint density at radius 1 is 1.13 bits per heavy atom. The summed E-state index contributed by atoms with van der Waals surface area (Å²) in [6.07, 6.45) is 0. The number of carbonyl (C=O) groups excluding carboxylic acids is 2. The van der Waals surface area contributed by atoms with Crippen molar-refractivity contribution in [2.45, 2.75) is 0 Å². The molecule has 0 fully saturated rings. The fourth-order valence-corrected chi connectivity index (χ4v) is 2.26. The summed E-state index contributed by atoms with van der Waals surface area (Å²) in [7, 11) is 0. The Hall–Kier alpha value is -2.60.